The minimum atomic E-state index is -0.0698. The number of aromatic nitrogens is 5. The lowest BCUT2D eigenvalue weighted by Crippen LogP contribution is -2.41. The zero-order valence-corrected chi connectivity index (χ0v) is 21.3. The summed E-state index contributed by atoms with van der Waals surface area (Å²) in [4.78, 5) is 15.5. The molecule has 2 saturated heterocycles. The molecule has 2 atom stereocenters. The van der Waals surface area contributed by atoms with Crippen molar-refractivity contribution >= 4 is 38.6 Å². The molecule has 184 valence electrons. The van der Waals surface area contributed by atoms with E-state index in [2.05, 4.69) is 41.0 Å². The number of pyridine rings is 1. The highest BCUT2D eigenvalue weighted by molar-refractivity contribution is 9.10. The summed E-state index contributed by atoms with van der Waals surface area (Å²) in [5, 5.41) is 9.79. The highest BCUT2D eigenvalue weighted by Gasteiger charge is 2.26. The second-order valence-electron chi connectivity index (χ2n) is 9.09. The van der Waals surface area contributed by atoms with E-state index in [9.17, 15) is 0 Å². The largest absolute Gasteiger partial charge is 0.383 e. The van der Waals surface area contributed by atoms with Crippen LogP contribution in [0.5, 0.6) is 0 Å². The molecule has 3 aromatic heterocycles. The minimum Gasteiger partial charge on any atom is -0.383 e. The summed E-state index contributed by atoms with van der Waals surface area (Å²) >= 11 is 3.56. The van der Waals surface area contributed by atoms with Crippen molar-refractivity contribution in [3.8, 4) is 22.5 Å². The molecule has 0 aliphatic carbocycles. The Morgan fingerprint density at radius 1 is 1.03 bits per heavy atom. The molecule has 4 aromatic rings. The maximum atomic E-state index is 6.23. The molecule has 2 N–H and O–H groups in total. The second kappa shape index (κ2) is 10.0. The van der Waals surface area contributed by atoms with Gasteiger partial charge in [0.1, 0.15) is 17.8 Å². The smallest absolute Gasteiger partial charge is 0.165 e. The number of ether oxygens (including phenoxy) is 2. The molecule has 0 bridgehead atoms. The van der Waals surface area contributed by atoms with Crippen LogP contribution in [-0.2, 0) is 9.47 Å². The summed E-state index contributed by atoms with van der Waals surface area (Å²) in [6.45, 7) is 2.50. The van der Waals surface area contributed by atoms with Gasteiger partial charge in [0.25, 0.3) is 0 Å². The molecule has 0 saturated carbocycles. The Labute approximate surface area is 217 Å². The van der Waals surface area contributed by atoms with Gasteiger partial charge in [-0.25, -0.2) is 15.0 Å². The third-order valence-electron chi connectivity index (χ3n) is 6.62. The van der Waals surface area contributed by atoms with Gasteiger partial charge in [0.05, 0.1) is 17.2 Å². The highest BCUT2D eigenvalue weighted by atomic mass is 79.9. The van der Waals surface area contributed by atoms with Gasteiger partial charge in [0.2, 0.25) is 0 Å². The van der Waals surface area contributed by atoms with Crippen molar-refractivity contribution in [2.45, 2.75) is 38.1 Å². The van der Waals surface area contributed by atoms with Crippen molar-refractivity contribution in [1.29, 1.82) is 0 Å². The third-order valence-corrected chi connectivity index (χ3v) is 7.11. The number of fused-ring (bicyclic) bond motifs is 1. The summed E-state index contributed by atoms with van der Waals surface area (Å²) in [6.07, 6.45) is 5.62. The third kappa shape index (κ3) is 4.76. The Balaban J connectivity index is 1.29. The normalized spacial score (nSPS) is 20.2. The predicted molar refractivity (Wildman–Crippen MR) is 141 cm³/mol. The number of hydrogen-bond donors (Lipinski definition) is 1. The van der Waals surface area contributed by atoms with Gasteiger partial charge in [-0.1, -0.05) is 28.1 Å². The van der Waals surface area contributed by atoms with Crippen LogP contribution in [-0.4, -0.2) is 57.2 Å². The van der Waals surface area contributed by atoms with Crippen molar-refractivity contribution < 1.29 is 9.47 Å². The SMILES string of the molecule is Nc1ncnc2nc(-c3ccc(N4CCC[C@@H](OC5CCCO5)C4)nn3)cc(-c3cccc(Br)c3)c12. The van der Waals surface area contributed by atoms with E-state index in [1.54, 1.807) is 0 Å². The summed E-state index contributed by atoms with van der Waals surface area (Å²) in [7, 11) is 0. The van der Waals surface area contributed by atoms with Crippen LogP contribution in [0.2, 0.25) is 0 Å². The lowest BCUT2D eigenvalue weighted by atomic mass is 10.0. The van der Waals surface area contributed by atoms with Gasteiger partial charge in [-0.15, -0.1) is 10.2 Å². The maximum absolute atomic E-state index is 6.23. The van der Waals surface area contributed by atoms with Crippen LogP contribution < -0.4 is 10.6 Å². The Hall–Kier alpha value is -3.21. The van der Waals surface area contributed by atoms with Gasteiger partial charge < -0.3 is 20.1 Å². The van der Waals surface area contributed by atoms with Crippen LogP contribution in [0.4, 0.5) is 11.6 Å². The van der Waals surface area contributed by atoms with E-state index in [1.165, 1.54) is 6.33 Å². The number of benzene rings is 1. The number of piperidine rings is 1. The molecule has 1 aromatic carbocycles. The monoisotopic (exact) mass is 547 g/mol. The number of halogens is 1. The molecule has 0 amide bonds. The minimum absolute atomic E-state index is 0.0698. The Bertz CT molecular complexity index is 1380. The molecule has 2 aliphatic rings. The average Bonchev–Trinajstić information content (AvgIpc) is 3.41. The van der Waals surface area contributed by atoms with Crippen LogP contribution in [0.15, 0.2) is 53.3 Å². The van der Waals surface area contributed by atoms with Crippen molar-refractivity contribution in [3.63, 3.8) is 0 Å². The van der Waals surface area contributed by atoms with E-state index in [0.29, 0.717) is 22.9 Å². The summed E-state index contributed by atoms with van der Waals surface area (Å²) in [6, 6.07) is 13.9. The van der Waals surface area contributed by atoms with Gasteiger partial charge >= 0.3 is 0 Å². The molecule has 10 heteroatoms. The fourth-order valence-electron chi connectivity index (χ4n) is 4.86. The molecule has 36 heavy (non-hydrogen) atoms. The number of nitrogens with two attached hydrogens (primary N) is 1. The van der Waals surface area contributed by atoms with Crippen molar-refractivity contribution in [2.75, 3.05) is 30.3 Å². The standard InChI is InChI=1S/C26H26BrN7O2/c27-17-5-1-4-16(12-17)19-13-21(31-26-24(19)25(28)29-15-30-26)20-8-9-22(33-32-20)34-10-2-6-18(14-34)36-23-7-3-11-35-23/h1,4-5,8-9,12-13,15,18,23H,2-3,6-7,10-11,14H2,(H2,28,29,30,31)/t18-,23?/m1/s1. The molecule has 5 heterocycles. The predicted octanol–water partition coefficient (Wildman–Crippen LogP) is 4.62. The molecule has 6 rings (SSSR count). The van der Waals surface area contributed by atoms with Gasteiger partial charge in [0.15, 0.2) is 17.8 Å². The molecular formula is C26H26BrN7O2. The number of nitrogen functional groups attached to an aromatic ring is 1. The van der Waals surface area contributed by atoms with Crippen LogP contribution in [0.25, 0.3) is 33.5 Å². The van der Waals surface area contributed by atoms with E-state index < -0.39 is 0 Å². The van der Waals surface area contributed by atoms with Crippen LogP contribution in [0, 0.1) is 0 Å². The number of nitrogens with zero attached hydrogens (tertiary/aromatic N) is 6. The quantitative estimate of drug-likeness (QED) is 0.382. The Kier molecular flexibility index (Phi) is 6.47. The molecule has 1 unspecified atom stereocenters. The average molecular weight is 548 g/mol. The van der Waals surface area contributed by atoms with Crippen LogP contribution >= 0.6 is 15.9 Å². The van der Waals surface area contributed by atoms with E-state index >= 15 is 0 Å². The lowest BCUT2D eigenvalue weighted by molar-refractivity contribution is -0.145. The first-order valence-electron chi connectivity index (χ1n) is 12.2. The Morgan fingerprint density at radius 3 is 2.78 bits per heavy atom. The Morgan fingerprint density at radius 2 is 1.97 bits per heavy atom. The van der Waals surface area contributed by atoms with Gasteiger partial charge in [-0.2, -0.15) is 0 Å². The van der Waals surface area contributed by atoms with Crippen LogP contribution in [0.1, 0.15) is 25.7 Å². The second-order valence-corrected chi connectivity index (χ2v) is 10.0. The topological polar surface area (TPSA) is 112 Å². The molecule has 0 radical (unpaired) electrons. The maximum Gasteiger partial charge on any atom is 0.165 e. The van der Waals surface area contributed by atoms with E-state index in [-0.39, 0.29) is 12.4 Å². The highest BCUT2D eigenvalue weighted by Crippen LogP contribution is 2.34. The lowest BCUT2D eigenvalue weighted by Gasteiger charge is -2.34. The van der Waals surface area contributed by atoms with Gasteiger partial charge in [-0.3, -0.25) is 0 Å². The molecular weight excluding hydrogens is 522 g/mol. The number of rotatable bonds is 5. The molecule has 9 nitrogen and oxygen atoms in total. The molecule has 0 spiro atoms. The summed E-state index contributed by atoms with van der Waals surface area (Å²) in [5.41, 5.74) is 9.97. The molecule has 2 fully saturated rings. The van der Waals surface area contributed by atoms with E-state index in [0.717, 1.165) is 72.2 Å². The first-order valence-corrected chi connectivity index (χ1v) is 13.0. The first-order chi connectivity index (χ1) is 17.6. The van der Waals surface area contributed by atoms with Crippen LogP contribution in [0.3, 0.4) is 0 Å². The summed E-state index contributed by atoms with van der Waals surface area (Å²) in [5.74, 6) is 1.22. The van der Waals surface area contributed by atoms with E-state index in [4.69, 9.17) is 20.2 Å². The zero-order chi connectivity index (χ0) is 24.5. The van der Waals surface area contributed by atoms with Crippen molar-refractivity contribution in [2.24, 2.45) is 0 Å². The first kappa shape index (κ1) is 23.2. The molecule has 2 aliphatic heterocycles. The van der Waals surface area contributed by atoms with Crippen molar-refractivity contribution in [1.82, 2.24) is 25.1 Å². The fraction of sp³-hybridized carbons (Fsp3) is 0.346. The number of hydrogen-bond acceptors (Lipinski definition) is 9. The van der Waals surface area contributed by atoms with Gasteiger partial charge in [0, 0.05) is 30.6 Å². The van der Waals surface area contributed by atoms with E-state index in [1.807, 2.05) is 42.5 Å². The van der Waals surface area contributed by atoms with Crippen molar-refractivity contribution in [3.05, 3.63) is 53.3 Å². The number of anilines is 2. The van der Waals surface area contributed by atoms with Gasteiger partial charge in [-0.05, 0) is 60.7 Å². The summed E-state index contributed by atoms with van der Waals surface area (Å²) < 4.78 is 12.8. The fourth-order valence-corrected chi connectivity index (χ4v) is 5.26. The zero-order valence-electron chi connectivity index (χ0n) is 19.7.